The van der Waals surface area contributed by atoms with E-state index in [-0.39, 0.29) is 68.3 Å². The normalized spacial score (nSPS) is 12.6. The molecule has 24 heavy (non-hydrogen) atoms. The summed E-state index contributed by atoms with van der Waals surface area (Å²) in [6, 6.07) is 0. The van der Waals surface area contributed by atoms with Gasteiger partial charge in [0, 0.05) is 44.1 Å². The Bertz CT molecular complexity index is 443. The van der Waals surface area contributed by atoms with Crippen LogP contribution in [0.3, 0.4) is 0 Å². The van der Waals surface area contributed by atoms with Gasteiger partial charge in [-0.25, -0.2) is 8.88 Å². The summed E-state index contributed by atoms with van der Waals surface area (Å²) >= 11 is 0. The average Bonchev–Trinajstić information content (AvgIpc) is 2.02. The van der Waals surface area contributed by atoms with Crippen molar-refractivity contribution in [2.75, 3.05) is 13.1 Å². The van der Waals surface area contributed by atoms with Gasteiger partial charge in [-0.2, -0.15) is 0 Å². The molecule has 0 aliphatic carbocycles. The van der Waals surface area contributed by atoms with E-state index in [0.29, 0.717) is 0 Å². The maximum atomic E-state index is 10.4. The molecule has 0 aliphatic rings. The number of rotatable bonds is 7. The zero-order valence-corrected chi connectivity index (χ0v) is 18.8. The molecule has 0 saturated carbocycles. The van der Waals surface area contributed by atoms with Crippen molar-refractivity contribution in [2.24, 2.45) is 0 Å². The molecular weight excluding hydrogens is 588 g/mol. The first-order chi connectivity index (χ1) is 8.47. The molecule has 0 bridgehead atoms. The summed E-state index contributed by atoms with van der Waals surface area (Å²) in [5.74, 6) is 0. The fraction of sp³-hybridized carbons (Fsp3) is 1.00. The van der Waals surface area contributed by atoms with Crippen molar-refractivity contribution < 1.29 is 126 Å². The van der Waals surface area contributed by atoms with Gasteiger partial charge in [0.1, 0.15) is 0 Å². The summed E-state index contributed by atoms with van der Waals surface area (Å²) in [5.41, 5.74) is 0. The quantitative estimate of drug-likeness (QED) is 0.197. The predicted molar refractivity (Wildman–Crippen MR) is 43.8 cm³/mol. The van der Waals surface area contributed by atoms with Crippen molar-refractivity contribution in [3.63, 3.8) is 0 Å². The van der Waals surface area contributed by atoms with E-state index < -0.39 is 53.0 Å². The van der Waals surface area contributed by atoms with Crippen LogP contribution in [-0.2, 0) is 86.5 Å². The average molecular weight is 592 g/mol. The summed E-state index contributed by atoms with van der Waals surface area (Å²) in [7, 11) is -24.9. The summed E-state index contributed by atoms with van der Waals surface area (Å²) in [5, 5.41) is 0. The Hall–Kier alpha value is 2.60. The second kappa shape index (κ2) is 12.9. The van der Waals surface area contributed by atoms with E-state index in [1.165, 1.54) is 0 Å². The van der Waals surface area contributed by atoms with Crippen LogP contribution in [0.5, 0.6) is 0 Å². The van der Waals surface area contributed by atoms with Crippen LogP contribution < -0.4 is 39.1 Å². The minimum absolute atomic E-state index is 0. The molecule has 0 rings (SSSR count). The third-order valence-electron chi connectivity index (χ3n) is 1.63. The minimum atomic E-state index is -6.23. The Morgan fingerprint density at radius 1 is 0.458 bits per heavy atom. The topological polar surface area (TPSA) is 259 Å². The summed E-state index contributed by atoms with van der Waals surface area (Å²) in [6.07, 6.45) is 0. The van der Waals surface area contributed by atoms with E-state index in [9.17, 15) is 57.4 Å². The Morgan fingerprint density at radius 2 is 0.583 bits per heavy atom. The molecule has 0 saturated heterocycles. The molecule has 0 aromatic heterocycles. The van der Waals surface area contributed by atoms with Gasteiger partial charge in [-0.15, -0.1) is 0 Å². The largest absolute Gasteiger partial charge is 2.00 e. The van der Waals surface area contributed by atoms with E-state index in [4.69, 9.17) is 0 Å². The van der Waals surface area contributed by atoms with Crippen molar-refractivity contribution in [3.8, 4) is 0 Å². The molecule has 0 aliphatic heterocycles. The van der Waals surface area contributed by atoms with Gasteiger partial charge in [-0.3, -0.25) is 0 Å². The van der Waals surface area contributed by atoms with Crippen LogP contribution in [0.15, 0.2) is 0 Å². The van der Waals surface area contributed by atoms with Crippen LogP contribution in [0.2, 0.25) is 0 Å². The minimum Gasteiger partial charge on any atom is -0.799 e. The van der Waals surface area contributed by atoms with Gasteiger partial charge in [-0.05, 0) is 0 Å². The predicted octanol–water partition coefficient (Wildman–Crippen LogP) is -7.10. The first kappa shape index (κ1) is 37.4. The fourth-order valence-electron chi connectivity index (χ4n) is 0.937. The molecule has 0 amide bonds. The summed E-state index contributed by atoms with van der Waals surface area (Å²) in [4.78, 5) is 83.6. The molecular formula is C2H4Mn4N2O12P4. The second-order valence-electron chi connectivity index (χ2n) is 3.07. The number of hydrogen-bond donors (Lipinski definition) is 0. The van der Waals surface area contributed by atoms with Gasteiger partial charge in [0.25, 0.3) is 0 Å². The van der Waals surface area contributed by atoms with Crippen molar-refractivity contribution in [3.05, 3.63) is 0 Å². The standard InChI is InChI=1S/C2H12N2O12P4.4Mn/c5-17(6,7)3(18(8,9)10)1-2-4(19(11,12)13)20(14,15)16;;;;/h1-2H2,(H2,5,6,7)(H2,8,9,10)(H2,11,12,13)(H2,14,15,16);;;;/q;4*+2/p-8. The van der Waals surface area contributed by atoms with Gasteiger partial charge in [0.15, 0.2) is 0 Å². The molecule has 142 valence electrons. The molecule has 0 aromatic carbocycles. The van der Waals surface area contributed by atoms with Crippen LogP contribution in [0.4, 0.5) is 0 Å². The Morgan fingerprint density at radius 3 is 0.667 bits per heavy atom. The maximum Gasteiger partial charge on any atom is 2.00 e. The first-order valence-electron chi connectivity index (χ1n) is 4.12. The van der Waals surface area contributed by atoms with Gasteiger partial charge in [0.05, 0.1) is 0 Å². The smallest absolute Gasteiger partial charge is 0.799 e. The zero-order chi connectivity index (χ0) is 16.6. The number of hydrogen-bond acceptors (Lipinski definition) is 12. The SMILES string of the molecule is O=P([O-])([O-])N(CCN(P(=O)([O-])[O-])P(=O)([O-])[O-])P(=O)([O-])[O-].[Mn+2].[Mn+2].[Mn+2].[Mn+2]. The Labute approximate surface area is 177 Å². The number of nitrogens with zero attached hydrogens (tertiary/aromatic N) is 2. The summed E-state index contributed by atoms with van der Waals surface area (Å²) in [6.45, 7) is -3.64. The molecule has 0 N–H and O–H groups in total. The van der Waals surface area contributed by atoms with Gasteiger partial charge in [-0.1, -0.05) is 0 Å². The van der Waals surface area contributed by atoms with E-state index >= 15 is 0 Å². The van der Waals surface area contributed by atoms with Crippen molar-refractivity contribution in [1.82, 2.24) is 8.88 Å². The third kappa shape index (κ3) is 13.7. The molecule has 0 spiro atoms. The molecule has 22 heteroatoms. The molecule has 0 unspecified atom stereocenters. The first-order valence-corrected chi connectivity index (χ1v) is 10.1. The van der Waals surface area contributed by atoms with Crippen molar-refractivity contribution in [1.29, 1.82) is 0 Å². The molecule has 0 atom stereocenters. The fourth-order valence-corrected chi connectivity index (χ4v) is 4.42. The van der Waals surface area contributed by atoms with E-state index in [0.717, 1.165) is 0 Å². The van der Waals surface area contributed by atoms with Crippen LogP contribution in [0, 0.1) is 0 Å². The Balaban J connectivity index is -0.000000301. The molecule has 0 fully saturated rings. The summed E-state index contributed by atoms with van der Waals surface area (Å²) < 4.78 is 39.2. The molecule has 0 heterocycles. The van der Waals surface area contributed by atoms with E-state index in [1.54, 1.807) is 0 Å². The maximum absolute atomic E-state index is 10.4. The van der Waals surface area contributed by atoms with Gasteiger partial charge in [0.2, 0.25) is 0 Å². The van der Waals surface area contributed by atoms with Gasteiger partial charge >= 0.3 is 68.3 Å². The van der Waals surface area contributed by atoms with Gasteiger partial charge < -0.3 is 57.4 Å². The van der Waals surface area contributed by atoms with E-state index in [1.807, 2.05) is 0 Å². The second-order valence-corrected chi connectivity index (χ2v) is 9.38. The van der Waals surface area contributed by atoms with Crippen molar-refractivity contribution >= 4 is 31.0 Å². The molecule has 4 radical (unpaired) electrons. The van der Waals surface area contributed by atoms with Crippen LogP contribution in [-0.4, -0.2) is 22.0 Å². The molecule has 14 nitrogen and oxygen atoms in total. The Kier molecular flexibility index (Phi) is 20.1. The third-order valence-corrected chi connectivity index (χ3v) is 7.32. The monoisotopic (exact) mass is 592 g/mol. The molecule has 0 aromatic rings. The van der Waals surface area contributed by atoms with E-state index in [2.05, 4.69) is 0 Å². The van der Waals surface area contributed by atoms with Crippen molar-refractivity contribution in [2.45, 2.75) is 0 Å². The zero-order valence-electron chi connectivity index (χ0n) is 10.5. The van der Waals surface area contributed by atoms with Crippen LogP contribution >= 0.6 is 31.0 Å². The van der Waals surface area contributed by atoms with Crippen LogP contribution in [0.1, 0.15) is 0 Å². The van der Waals surface area contributed by atoms with Crippen LogP contribution in [0.25, 0.3) is 0 Å².